The maximum atomic E-state index is 12.6. The molecule has 132 valence electrons. The number of rotatable bonds is 6. The molecule has 3 rings (SSSR count). The van der Waals surface area contributed by atoms with Crippen LogP contribution in [0.1, 0.15) is 28.8 Å². The summed E-state index contributed by atoms with van der Waals surface area (Å²) in [5.41, 5.74) is 1.90. The fraction of sp³-hybridized carbons (Fsp3) is 0.632. The maximum Gasteiger partial charge on any atom is 0.253 e. The van der Waals surface area contributed by atoms with Crippen molar-refractivity contribution in [2.24, 2.45) is 5.92 Å². The van der Waals surface area contributed by atoms with E-state index in [-0.39, 0.29) is 12.0 Å². The van der Waals surface area contributed by atoms with Crippen molar-refractivity contribution >= 4 is 5.91 Å². The molecule has 1 aliphatic heterocycles. The van der Waals surface area contributed by atoms with Crippen molar-refractivity contribution in [1.82, 2.24) is 14.7 Å². The zero-order valence-corrected chi connectivity index (χ0v) is 14.8. The number of aliphatic hydroxyl groups excluding tert-OH is 1. The van der Waals surface area contributed by atoms with E-state index >= 15 is 0 Å². The second kappa shape index (κ2) is 7.64. The maximum absolute atomic E-state index is 12.6. The Bertz CT molecular complexity index is 565. The van der Waals surface area contributed by atoms with E-state index in [9.17, 15) is 9.90 Å². The van der Waals surface area contributed by atoms with Crippen LogP contribution in [0.15, 0.2) is 24.3 Å². The molecule has 1 atom stereocenters. The number of carbonyl (C=O) groups is 1. The minimum Gasteiger partial charge on any atom is -0.391 e. The van der Waals surface area contributed by atoms with Crippen LogP contribution in [0.2, 0.25) is 0 Å². The van der Waals surface area contributed by atoms with Gasteiger partial charge in [0.2, 0.25) is 0 Å². The van der Waals surface area contributed by atoms with Gasteiger partial charge in [0, 0.05) is 51.9 Å². The molecule has 1 aliphatic carbocycles. The van der Waals surface area contributed by atoms with Crippen LogP contribution in [0.4, 0.5) is 0 Å². The van der Waals surface area contributed by atoms with Crippen LogP contribution in [0.5, 0.6) is 0 Å². The highest BCUT2D eigenvalue weighted by Crippen LogP contribution is 2.32. The zero-order chi connectivity index (χ0) is 17.1. The first kappa shape index (κ1) is 17.4. The van der Waals surface area contributed by atoms with Crippen LogP contribution in [-0.4, -0.2) is 78.6 Å². The molecule has 1 aromatic carbocycles. The average molecular weight is 331 g/mol. The van der Waals surface area contributed by atoms with E-state index in [1.165, 1.54) is 5.56 Å². The largest absolute Gasteiger partial charge is 0.391 e. The molecule has 1 unspecified atom stereocenters. The lowest BCUT2D eigenvalue weighted by molar-refractivity contribution is 0.0645. The van der Waals surface area contributed by atoms with Crippen molar-refractivity contribution in [2.75, 3.05) is 46.8 Å². The molecule has 0 bridgehead atoms. The number of carbonyl (C=O) groups excluding carboxylic acids is 1. The molecule has 1 heterocycles. The van der Waals surface area contributed by atoms with Crippen LogP contribution in [-0.2, 0) is 6.54 Å². The second-order valence-electron chi connectivity index (χ2n) is 7.37. The SMILES string of the molecule is CN1CCN(Cc2cccc(C(=O)N(C)CC(O)C3CC3)c2)CC1. The van der Waals surface area contributed by atoms with E-state index in [0.29, 0.717) is 18.0 Å². The number of piperazine rings is 1. The van der Waals surface area contributed by atoms with E-state index in [1.54, 1.807) is 11.9 Å². The molecule has 24 heavy (non-hydrogen) atoms. The van der Waals surface area contributed by atoms with E-state index in [4.69, 9.17) is 0 Å². The predicted molar refractivity (Wildman–Crippen MR) is 94.9 cm³/mol. The third kappa shape index (κ3) is 4.56. The Morgan fingerprint density at radius 1 is 1.29 bits per heavy atom. The van der Waals surface area contributed by atoms with Crippen molar-refractivity contribution in [3.8, 4) is 0 Å². The highest BCUT2D eigenvalue weighted by atomic mass is 16.3. The summed E-state index contributed by atoms with van der Waals surface area (Å²) in [5.74, 6) is 0.388. The summed E-state index contributed by atoms with van der Waals surface area (Å²) < 4.78 is 0. The monoisotopic (exact) mass is 331 g/mol. The fourth-order valence-electron chi connectivity index (χ4n) is 3.28. The Hall–Kier alpha value is -1.43. The van der Waals surface area contributed by atoms with Crippen molar-refractivity contribution in [3.63, 3.8) is 0 Å². The van der Waals surface area contributed by atoms with Crippen LogP contribution in [0, 0.1) is 5.92 Å². The summed E-state index contributed by atoms with van der Waals surface area (Å²) in [7, 11) is 3.93. The quantitative estimate of drug-likeness (QED) is 0.853. The third-order valence-electron chi connectivity index (χ3n) is 5.15. The van der Waals surface area contributed by atoms with Crippen LogP contribution < -0.4 is 0 Å². The molecule has 2 aliphatic rings. The average Bonchev–Trinajstić information content (AvgIpc) is 3.41. The highest BCUT2D eigenvalue weighted by molar-refractivity contribution is 5.94. The molecule has 1 saturated carbocycles. The van der Waals surface area contributed by atoms with Gasteiger partial charge in [-0.3, -0.25) is 9.69 Å². The van der Waals surface area contributed by atoms with E-state index in [0.717, 1.165) is 45.6 Å². The molecular weight excluding hydrogens is 302 g/mol. The number of amides is 1. The first-order valence-electron chi connectivity index (χ1n) is 8.96. The normalized spacial score (nSPS) is 20.8. The summed E-state index contributed by atoms with van der Waals surface area (Å²) in [6.07, 6.45) is 1.79. The molecule has 1 aromatic rings. The molecule has 0 radical (unpaired) electrons. The van der Waals surface area contributed by atoms with Crippen molar-refractivity contribution in [1.29, 1.82) is 0 Å². The molecule has 2 fully saturated rings. The summed E-state index contributed by atoms with van der Waals surface area (Å²) in [6.45, 7) is 5.65. The number of aliphatic hydroxyl groups is 1. The summed E-state index contributed by atoms with van der Waals surface area (Å²) in [6, 6.07) is 7.93. The van der Waals surface area contributed by atoms with Gasteiger partial charge >= 0.3 is 0 Å². The molecule has 1 amide bonds. The summed E-state index contributed by atoms with van der Waals surface area (Å²) >= 11 is 0. The number of hydrogen-bond acceptors (Lipinski definition) is 4. The number of likely N-dealkylation sites (N-methyl/N-ethyl adjacent to an activating group) is 2. The summed E-state index contributed by atoms with van der Waals surface area (Å²) in [4.78, 5) is 19.0. The van der Waals surface area contributed by atoms with E-state index in [2.05, 4.69) is 22.9 Å². The Morgan fingerprint density at radius 2 is 2.00 bits per heavy atom. The molecular formula is C19H29N3O2. The van der Waals surface area contributed by atoms with Crippen molar-refractivity contribution in [2.45, 2.75) is 25.5 Å². The van der Waals surface area contributed by atoms with Gasteiger partial charge in [-0.05, 0) is 43.5 Å². The van der Waals surface area contributed by atoms with Gasteiger partial charge in [0.25, 0.3) is 5.91 Å². The first-order chi connectivity index (χ1) is 11.5. The van der Waals surface area contributed by atoms with Gasteiger partial charge in [-0.15, -0.1) is 0 Å². The smallest absolute Gasteiger partial charge is 0.253 e. The van der Waals surface area contributed by atoms with Gasteiger partial charge in [-0.1, -0.05) is 12.1 Å². The number of benzene rings is 1. The van der Waals surface area contributed by atoms with Gasteiger partial charge in [-0.25, -0.2) is 0 Å². The zero-order valence-electron chi connectivity index (χ0n) is 14.8. The van der Waals surface area contributed by atoms with Crippen LogP contribution >= 0.6 is 0 Å². The van der Waals surface area contributed by atoms with Gasteiger partial charge in [0.15, 0.2) is 0 Å². The molecule has 5 nitrogen and oxygen atoms in total. The van der Waals surface area contributed by atoms with Gasteiger partial charge in [0.05, 0.1) is 6.10 Å². The van der Waals surface area contributed by atoms with Crippen LogP contribution in [0.3, 0.4) is 0 Å². The lowest BCUT2D eigenvalue weighted by Gasteiger charge is -2.32. The minimum absolute atomic E-state index is 0.00470. The predicted octanol–water partition coefficient (Wildman–Crippen LogP) is 1.28. The number of hydrogen-bond donors (Lipinski definition) is 1. The van der Waals surface area contributed by atoms with E-state index < -0.39 is 0 Å². The van der Waals surface area contributed by atoms with Crippen molar-refractivity contribution in [3.05, 3.63) is 35.4 Å². The molecule has 1 N–H and O–H groups in total. The topological polar surface area (TPSA) is 47.0 Å². The minimum atomic E-state index is -0.382. The fourth-order valence-corrected chi connectivity index (χ4v) is 3.28. The van der Waals surface area contributed by atoms with Gasteiger partial charge < -0.3 is 14.9 Å². The van der Waals surface area contributed by atoms with Crippen molar-refractivity contribution < 1.29 is 9.90 Å². The molecule has 0 aromatic heterocycles. The van der Waals surface area contributed by atoms with E-state index in [1.807, 2.05) is 18.2 Å². The Morgan fingerprint density at radius 3 is 2.67 bits per heavy atom. The summed E-state index contributed by atoms with van der Waals surface area (Å²) in [5, 5.41) is 10.0. The second-order valence-corrected chi connectivity index (χ2v) is 7.37. The first-order valence-corrected chi connectivity index (χ1v) is 8.96. The highest BCUT2D eigenvalue weighted by Gasteiger charge is 2.31. The molecule has 1 saturated heterocycles. The van der Waals surface area contributed by atoms with Gasteiger partial charge in [0.1, 0.15) is 0 Å². The standard InChI is InChI=1S/C19H29N3O2/c1-20-8-10-22(11-9-20)13-15-4-3-5-17(12-15)19(24)21(2)14-18(23)16-6-7-16/h3-5,12,16,18,23H,6-11,13-14H2,1-2H3. The Kier molecular flexibility index (Phi) is 5.54. The molecule has 0 spiro atoms. The Labute approximate surface area is 144 Å². The molecule has 5 heteroatoms. The third-order valence-corrected chi connectivity index (χ3v) is 5.15. The number of nitrogens with zero attached hydrogens (tertiary/aromatic N) is 3. The van der Waals surface area contributed by atoms with Crippen LogP contribution in [0.25, 0.3) is 0 Å². The van der Waals surface area contributed by atoms with Gasteiger partial charge in [-0.2, -0.15) is 0 Å². The Balaban J connectivity index is 1.58. The lowest BCUT2D eigenvalue weighted by Crippen LogP contribution is -2.43. The lowest BCUT2D eigenvalue weighted by atomic mass is 10.1.